The molecule has 0 radical (unpaired) electrons. The van der Waals surface area contributed by atoms with Crippen LogP contribution in [0.5, 0.6) is 5.75 Å². The molecule has 5 nitrogen and oxygen atoms in total. The van der Waals surface area contributed by atoms with Crippen LogP contribution >= 0.6 is 15.9 Å². The molecule has 168 valence electrons. The zero-order valence-electron chi connectivity index (χ0n) is 17.3. The lowest BCUT2D eigenvalue weighted by Crippen LogP contribution is -2.56. The standard InChI is InChI=1S/C24H17BrF3N3O2/c1-33-19-9-2-15(3-10-19)13-31-21-11-8-18(25)12-20(21)23(14-29,30-22(31)32)16-4-6-17(7-5-16)24(26,27)28/h2-12H,13H2,1H3,(H,30,32)/t23-/m1/s1. The Morgan fingerprint density at radius 2 is 1.76 bits per heavy atom. The average molecular weight is 516 g/mol. The number of amides is 2. The Labute approximate surface area is 196 Å². The van der Waals surface area contributed by atoms with Crippen LogP contribution in [0.4, 0.5) is 23.7 Å². The van der Waals surface area contributed by atoms with Crippen molar-refractivity contribution in [3.8, 4) is 11.8 Å². The van der Waals surface area contributed by atoms with Gasteiger partial charge in [0.25, 0.3) is 0 Å². The number of carbonyl (C=O) groups excluding carboxylic acids is 1. The molecule has 0 saturated heterocycles. The monoisotopic (exact) mass is 515 g/mol. The number of benzene rings is 3. The molecule has 0 unspecified atom stereocenters. The lowest BCUT2D eigenvalue weighted by Gasteiger charge is -2.40. The van der Waals surface area contributed by atoms with Gasteiger partial charge in [0.1, 0.15) is 11.8 Å². The van der Waals surface area contributed by atoms with Crippen LogP contribution in [-0.2, 0) is 18.3 Å². The third-order valence-corrected chi connectivity index (χ3v) is 6.00. The fourth-order valence-corrected chi connectivity index (χ4v) is 4.17. The molecule has 0 fully saturated rings. The van der Waals surface area contributed by atoms with E-state index in [9.17, 15) is 23.2 Å². The average Bonchev–Trinajstić information content (AvgIpc) is 2.80. The van der Waals surface area contributed by atoms with Gasteiger partial charge in [0, 0.05) is 10.0 Å². The van der Waals surface area contributed by atoms with Gasteiger partial charge in [-0.15, -0.1) is 0 Å². The summed E-state index contributed by atoms with van der Waals surface area (Å²) >= 11 is 3.40. The molecule has 1 N–H and O–H groups in total. The first kappa shape index (κ1) is 22.7. The number of methoxy groups -OCH3 is 1. The summed E-state index contributed by atoms with van der Waals surface area (Å²) in [6.45, 7) is 0.221. The van der Waals surface area contributed by atoms with E-state index in [0.29, 0.717) is 21.5 Å². The SMILES string of the molecule is COc1ccc(CN2C(=O)N[C@](C#N)(c3ccc(C(F)(F)F)cc3)c3cc(Br)ccc32)cc1. The number of fused-ring (bicyclic) bond motifs is 1. The predicted molar refractivity (Wildman–Crippen MR) is 120 cm³/mol. The minimum atomic E-state index is -4.51. The number of anilines is 1. The largest absolute Gasteiger partial charge is 0.497 e. The van der Waals surface area contributed by atoms with Crippen LogP contribution in [0.25, 0.3) is 0 Å². The molecule has 0 aromatic heterocycles. The lowest BCUT2D eigenvalue weighted by atomic mass is 9.81. The number of nitrogens with one attached hydrogen (secondary N) is 1. The Hall–Kier alpha value is -3.51. The molecule has 0 saturated carbocycles. The number of halogens is 4. The second-order valence-electron chi connectivity index (χ2n) is 7.46. The normalized spacial score (nSPS) is 17.7. The number of nitrogens with zero attached hydrogens (tertiary/aromatic N) is 2. The smallest absolute Gasteiger partial charge is 0.416 e. The number of nitriles is 1. The summed E-state index contributed by atoms with van der Waals surface area (Å²) in [4.78, 5) is 14.7. The first-order valence-corrected chi connectivity index (χ1v) is 10.6. The third kappa shape index (κ3) is 4.14. The number of ether oxygens (including phenoxy) is 1. The van der Waals surface area contributed by atoms with Crippen LogP contribution in [0.1, 0.15) is 22.3 Å². The number of rotatable bonds is 4. The van der Waals surface area contributed by atoms with Crippen molar-refractivity contribution in [2.75, 3.05) is 12.0 Å². The summed E-state index contributed by atoms with van der Waals surface area (Å²) in [7, 11) is 1.56. The van der Waals surface area contributed by atoms with Crippen molar-refractivity contribution in [1.82, 2.24) is 5.32 Å². The first-order valence-electron chi connectivity index (χ1n) is 9.79. The Morgan fingerprint density at radius 1 is 1.09 bits per heavy atom. The number of hydrogen-bond acceptors (Lipinski definition) is 3. The van der Waals surface area contributed by atoms with Crippen LogP contribution in [0.15, 0.2) is 71.2 Å². The summed E-state index contributed by atoms with van der Waals surface area (Å²) in [6, 6.07) is 18.2. The van der Waals surface area contributed by atoms with Crippen LogP contribution in [-0.4, -0.2) is 13.1 Å². The zero-order valence-corrected chi connectivity index (χ0v) is 18.9. The van der Waals surface area contributed by atoms with Gasteiger partial charge in [0.05, 0.1) is 24.9 Å². The van der Waals surface area contributed by atoms with E-state index in [4.69, 9.17) is 4.74 Å². The van der Waals surface area contributed by atoms with Crippen molar-refractivity contribution in [3.05, 3.63) is 93.5 Å². The van der Waals surface area contributed by atoms with Gasteiger partial charge in [0.15, 0.2) is 5.54 Å². The third-order valence-electron chi connectivity index (χ3n) is 5.51. The van der Waals surface area contributed by atoms with Crippen LogP contribution in [0.2, 0.25) is 0 Å². The van der Waals surface area contributed by atoms with E-state index >= 15 is 0 Å². The van der Waals surface area contributed by atoms with Crippen molar-refractivity contribution in [3.63, 3.8) is 0 Å². The summed E-state index contributed by atoms with van der Waals surface area (Å²) in [5, 5.41) is 12.9. The summed E-state index contributed by atoms with van der Waals surface area (Å²) in [5.41, 5.74) is -0.492. The second kappa shape index (κ2) is 8.45. The van der Waals surface area contributed by atoms with Gasteiger partial charge >= 0.3 is 12.2 Å². The van der Waals surface area contributed by atoms with Gasteiger partial charge in [-0.3, -0.25) is 4.90 Å². The molecular weight excluding hydrogens is 499 g/mol. The molecule has 0 spiro atoms. The van der Waals surface area contributed by atoms with Gasteiger partial charge in [-0.25, -0.2) is 4.79 Å². The quantitative estimate of drug-likeness (QED) is 0.465. The maximum atomic E-state index is 13.2. The maximum absolute atomic E-state index is 13.2. The highest BCUT2D eigenvalue weighted by Gasteiger charge is 2.45. The van der Waals surface area contributed by atoms with E-state index in [-0.39, 0.29) is 12.1 Å². The molecular formula is C24H17BrF3N3O2. The van der Waals surface area contributed by atoms with Crippen LogP contribution < -0.4 is 15.0 Å². The molecule has 1 aliphatic rings. The summed E-state index contributed by atoms with van der Waals surface area (Å²) in [6.07, 6.45) is -4.51. The van der Waals surface area contributed by atoms with E-state index in [2.05, 4.69) is 27.3 Å². The second-order valence-corrected chi connectivity index (χ2v) is 8.38. The fraction of sp³-hybridized carbons (Fsp3) is 0.167. The minimum absolute atomic E-state index is 0.221. The molecule has 3 aromatic rings. The van der Waals surface area contributed by atoms with Gasteiger partial charge in [0.2, 0.25) is 0 Å². The van der Waals surface area contributed by atoms with Gasteiger partial charge in [-0.1, -0.05) is 40.2 Å². The molecule has 33 heavy (non-hydrogen) atoms. The van der Waals surface area contributed by atoms with E-state index in [1.807, 2.05) is 12.1 Å². The highest BCUT2D eigenvalue weighted by atomic mass is 79.9. The van der Waals surface area contributed by atoms with Gasteiger partial charge < -0.3 is 10.1 Å². The summed E-state index contributed by atoms with van der Waals surface area (Å²) in [5.74, 6) is 0.678. The van der Waals surface area contributed by atoms with Crippen molar-refractivity contribution in [2.45, 2.75) is 18.3 Å². The molecule has 0 bridgehead atoms. The fourth-order valence-electron chi connectivity index (χ4n) is 3.81. The Balaban J connectivity index is 1.80. The highest BCUT2D eigenvalue weighted by molar-refractivity contribution is 9.10. The number of hydrogen-bond donors (Lipinski definition) is 1. The van der Waals surface area contributed by atoms with Crippen molar-refractivity contribution < 1.29 is 22.7 Å². The maximum Gasteiger partial charge on any atom is 0.416 e. The predicted octanol–water partition coefficient (Wildman–Crippen LogP) is 5.97. The molecule has 1 heterocycles. The van der Waals surface area contributed by atoms with E-state index in [1.54, 1.807) is 37.4 Å². The minimum Gasteiger partial charge on any atom is -0.497 e. The van der Waals surface area contributed by atoms with Crippen LogP contribution in [0, 0.1) is 11.3 Å². The number of alkyl halides is 3. The molecule has 3 aromatic carbocycles. The topological polar surface area (TPSA) is 65.4 Å². The molecule has 9 heteroatoms. The number of carbonyl (C=O) groups is 1. The molecule has 0 aliphatic carbocycles. The first-order chi connectivity index (χ1) is 15.7. The van der Waals surface area contributed by atoms with E-state index < -0.39 is 23.3 Å². The highest BCUT2D eigenvalue weighted by Crippen LogP contribution is 2.42. The van der Waals surface area contributed by atoms with Crippen molar-refractivity contribution in [2.24, 2.45) is 0 Å². The van der Waals surface area contributed by atoms with Crippen molar-refractivity contribution >= 4 is 27.6 Å². The Kier molecular flexibility index (Phi) is 5.80. The van der Waals surface area contributed by atoms with Crippen molar-refractivity contribution in [1.29, 1.82) is 5.26 Å². The molecule has 1 aliphatic heterocycles. The summed E-state index contributed by atoms with van der Waals surface area (Å²) < 4.78 is 45.0. The van der Waals surface area contributed by atoms with Gasteiger partial charge in [-0.2, -0.15) is 18.4 Å². The molecule has 4 rings (SSSR count). The van der Waals surface area contributed by atoms with Crippen LogP contribution in [0.3, 0.4) is 0 Å². The molecule has 2 amide bonds. The Bertz CT molecular complexity index is 1240. The van der Waals surface area contributed by atoms with E-state index in [1.165, 1.54) is 17.0 Å². The lowest BCUT2D eigenvalue weighted by molar-refractivity contribution is -0.137. The number of urea groups is 1. The zero-order chi connectivity index (χ0) is 23.8. The Morgan fingerprint density at radius 3 is 2.33 bits per heavy atom. The molecule has 1 atom stereocenters. The van der Waals surface area contributed by atoms with Gasteiger partial charge in [-0.05, 0) is 53.6 Å². The van der Waals surface area contributed by atoms with E-state index in [0.717, 1.165) is 17.7 Å².